The number of benzene rings is 2. The SMILES string of the molecule is Cc1cc(Cl)ccc1OCC(O)CN1CCN(c2cc(Cl)ccc2C)CC1.Cl.Cl. The van der Waals surface area contributed by atoms with Gasteiger partial charge in [-0.3, -0.25) is 4.90 Å². The number of anilines is 1. The number of ether oxygens (including phenoxy) is 1. The molecule has 0 aliphatic carbocycles. The number of β-amino-alcohol motifs (C(OH)–C–C–N with tert-alkyl or cyclic N) is 1. The van der Waals surface area contributed by atoms with Crippen LogP contribution in [0.4, 0.5) is 5.69 Å². The molecule has 0 amide bonds. The molecule has 2 aromatic rings. The van der Waals surface area contributed by atoms with Gasteiger partial charge in [-0.25, -0.2) is 0 Å². The average molecular weight is 482 g/mol. The maximum atomic E-state index is 10.3. The molecule has 1 unspecified atom stereocenters. The lowest BCUT2D eigenvalue weighted by Crippen LogP contribution is -2.49. The molecule has 29 heavy (non-hydrogen) atoms. The van der Waals surface area contributed by atoms with Crippen molar-refractivity contribution < 1.29 is 9.84 Å². The highest BCUT2D eigenvalue weighted by Crippen LogP contribution is 2.25. The van der Waals surface area contributed by atoms with E-state index in [2.05, 4.69) is 22.8 Å². The van der Waals surface area contributed by atoms with E-state index < -0.39 is 6.10 Å². The second kappa shape index (κ2) is 12.1. The Morgan fingerprint density at radius 3 is 2.21 bits per heavy atom. The lowest BCUT2D eigenvalue weighted by atomic mass is 10.1. The number of rotatable bonds is 6. The molecule has 1 fully saturated rings. The maximum Gasteiger partial charge on any atom is 0.122 e. The molecule has 2 aromatic carbocycles. The van der Waals surface area contributed by atoms with E-state index in [-0.39, 0.29) is 31.4 Å². The average Bonchev–Trinajstić information content (AvgIpc) is 2.64. The number of aryl methyl sites for hydroxylation is 2. The van der Waals surface area contributed by atoms with E-state index in [0.29, 0.717) is 11.6 Å². The fraction of sp³-hybridized carbons (Fsp3) is 0.429. The summed E-state index contributed by atoms with van der Waals surface area (Å²) in [6.07, 6.45) is -0.528. The molecular formula is C21H28Cl4N2O2. The molecule has 162 valence electrons. The van der Waals surface area contributed by atoms with Crippen LogP contribution in [0.25, 0.3) is 0 Å². The van der Waals surface area contributed by atoms with E-state index in [0.717, 1.165) is 42.5 Å². The van der Waals surface area contributed by atoms with E-state index in [1.54, 1.807) is 6.07 Å². The monoisotopic (exact) mass is 480 g/mol. The highest BCUT2D eigenvalue weighted by molar-refractivity contribution is 6.31. The Balaban J connectivity index is 0.00000210. The Kier molecular flexibility index (Phi) is 10.9. The number of aliphatic hydroxyl groups excluding tert-OH is 1. The number of halogens is 4. The minimum absolute atomic E-state index is 0. The van der Waals surface area contributed by atoms with Gasteiger partial charge in [-0.15, -0.1) is 24.8 Å². The first-order valence-electron chi connectivity index (χ1n) is 9.23. The molecule has 8 heteroatoms. The molecule has 1 heterocycles. The van der Waals surface area contributed by atoms with Crippen molar-refractivity contribution in [3.63, 3.8) is 0 Å². The zero-order valence-corrected chi connectivity index (χ0v) is 19.8. The first-order chi connectivity index (χ1) is 12.9. The Hall–Kier alpha value is -0.880. The molecule has 0 spiro atoms. The predicted molar refractivity (Wildman–Crippen MR) is 127 cm³/mol. The Morgan fingerprint density at radius 1 is 0.931 bits per heavy atom. The van der Waals surface area contributed by atoms with Gasteiger partial charge in [0.25, 0.3) is 0 Å². The Labute approximate surface area is 195 Å². The molecular weight excluding hydrogens is 454 g/mol. The number of hydrogen-bond donors (Lipinski definition) is 1. The van der Waals surface area contributed by atoms with Crippen molar-refractivity contribution in [1.29, 1.82) is 0 Å². The fourth-order valence-electron chi connectivity index (χ4n) is 3.41. The summed E-state index contributed by atoms with van der Waals surface area (Å²) in [6, 6.07) is 11.5. The third-order valence-electron chi connectivity index (χ3n) is 4.92. The van der Waals surface area contributed by atoms with Gasteiger partial charge in [0.2, 0.25) is 0 Å². The molecule has 0 saturated carbocycles. The lowest BCUT2D eigenvalue weighted by molar-refractivity contribution is 0.0661. The van der Waals surface area contributed by atoms with Gasteiger partial charge in [-0.05, 0) is 55.3 Å². The summed E-state index contributed by atoms with van der Waals surface area (Å²) in [5.74, 6) is 0.764. The summed E-state index contributed by atoms with van der Waals surface area (Å²) >= 11 is 12.1. The fourth-order valence-corrected chi connectivity index (χ4v) is 3.80. The van der Waals surface area contributed by atoms with Gasteiger partial charge in [0.1, 0.15) is 18.5 Å². The molecule has 0 aromatic heterocycles. The highest BCUT2D eigenvalue weighted by Gasteiger charge is 2.21. The molecule has 0 radical (unpaired) electrons. The summed E-state index contributed by atoms with van der Waals surface area (Å²) < 4.78 is 5.75. The predicted octanol–water partition coefficient (Wildman–Crippen LogP) is 5.02. The number of nitrogens with zero attached hydrogens (tertiary/aromatic N) is 2. The number of piperazine rings is 1. The minimum Gasteiger partial charge on any atom is -0.491 e. The van der Waals surface area contributed by atoms with Crippen molar-refractivity contribution >= 4 is 53.7 Å². The van der Waals surface area contributed by atoms with Crippen molar-refractivity contribution in [2.24, 2.45) is 0 Å². The Morgan fingerprint density at radius 2 is 1.55 bits per heavy atom. The molecule has 1 atom stereocenters. The third-order valence-corrected chi connectivity index (χ3v) is 5.39. The topological polar surface area (TPSA) is 35.9 Å². The zero-order chi connectivity index (χ0) is 19.4. The first-order valence-corrected chi connectivity index (χ1v) is 9.98. The van der Waals surface area contributed by atoms with E-state index in [1.807, 2.05) is 31.2 Å². The van der Waals surface area contributed by atoms with Gasteiger partial charge in [0, 0.05) is 48.5 Å². The first kappa shape index (κ1) is 26.2. The van der Waals surface area contributed by atoms with Gasteiger partial charge in [-0.1, -0.05) is 29.3 Å². The van der Waals surface area contributed by atoms with Crippen LogP contribution in [0.5, 0.6) is 5.75 Å². The Bertz CT molecular complexity index is 783. The second-order valence-electron chi connectivity index (χ2n) is 7.09. The van der Waals surface area contributed by atoms with Crippen LogP contribution in [0.1, 0.15) is 11.1 Å². The van der Waals surface area contributed by atoms with E-state index in [4.69, 9.17) is 27.9 Å². The quantitative estimate of drug-likeness (QED) is 0.628. The van der Waals surface area contributed by atoms with Crippen molar-refractivity contribution in [3.8, 4) is 5.75 Å². The van der Waals surface area contributed by atoms with Crippen LogP contribution < -0.4 is 9.64 Å². The van der Waals surface area contributed by atoms with Crippen molar-refractivity contribution in [2.75, 3.05) is 44.2 Å². The number of hydrogen-bond acceptors (Lipinski definition) is 4. The van der Waals surface area contributed by atoms with Gasteiger partial charge < -0.3 is 14.7 Å². The van der Waals surface area contributed by atoms with Gasteiger partial charge in [0.15, 0.2) is 0 Å². The van der Waals surface area contributed by atoms with E-state index in [1.165, 1.54) is 11.3 Å². The van der Waals surface area contributed by atoms with Gasteiger partial charge in [-0.2, -0.15) is 0 Å². The van der Waals surface area contributed by atoms with E-state index >= 15 is 0 Å². The maximum absolute atomic E-state index is 10.3. The summed E-state index contributed by atoms with van der Waals surface area (Å²) in [5.41, 5.74) is 3.41. The van der Waals surface area contributed by atoms with E-state index in [9.17, 15) is 5.11 Å². The standard InChI is InChI=1S/C21H26Cl2N2O2.2ClH/c1-15-3-4-18(23)12-20(15)25-9-7-24(8-10-25)13-19(26)14-27-21-6-5-17(22)11-16(21)2;;/h3-6,11-12,19,26H,7-10,13-14H2,1-2H3;2*1H. The molecule has 1 aliphatic rings. The minimum atomic E-state index is -0.528. The smallest absolute Gasteiger partial charge is 0.122 e. The lowest BCUT2D eigenvalue weighted by Gasteiger charge is -2.37. The number of aliphatic hydroxyl groups is 1. The summed E-state index contributed by atoms with van der Waals surface area (Å²) in [6.45, 7) is 8.59. The van der Waals surface area contributed by atoms with Crippen LogP contribution in [-0.2, 0) is 0 Å². The van der Waals surface area contributed by atoms with Crippen LogP contribution in [0.3, 0.4) is 0 Å². The highest BCUT2D eigenvalue weighted by atomic mass is 35.5. The molecule has 1 aliphatic heterocycles. The van der Waals surface area contributed by atoms with Gasteiger partial charge in [0.05, 0.1) is 0 Å². The second-order valence-corrected chi connectivity index (χ2v) is 7.97. The van der Waals surface area contributed by atoms with Crippen LogP contribution in [0.15, 0.2) is 36.4 Å². The van der Waals surface area contributed by atoms with Crippen molar-refractivity contribution in [2.45, 2.75) is 20.0 Å². The summed E-state index contributed by atoms with van der Waals surface area (Å²) in [4.78, 5) is 4.64. The zero-order valence-electron chi connectivity index (χ0n) is 16.6. The molecule has 0 bridgehead atoms. The van der Waals surface area contributed by atoms with Crippen LogP contribution in [-0.4, -0.2) is 55.4 Å². The largest absolute Gasteiger partial charge is 0.491 e. The molecule has 4 nitrogen and oxygen atoms in total. The van der Waals surface area contributed by atoms with Crippen molar-refractivity contribution in [1.82, 2.24) is 4.90 Å². The van der Waals surface area contributed by atoms with Crippen LogP contribution >= 0.6 is 48.0 Å². The van der Waals surface area contributed by atoms with Crippen LogP contribution in [0.2, 0.25) is 10.0 Å². The molecule has 3 rings (SSSR count). The van der Waals surface area contributed by atoms with Gasteiger partial charge >= 0.3 is 0 Å². The molecule has 1 N–H and O–H groups in total. The summed E-state index contributed by atoms with van der Waals surface area (Å²) in [7, 11) is 0. The van der Waals surface area contributed by atoms with Crippen LogP contribution in [0, 0.1) is 13.8 Å². The third kappa shape index (κ3) is 7.39. The molecule has 1 saturated heterocycles. The van der Waals surface area contributed by atoms with Crippen molar-refractivity contribution in [3.05, 3.63) is 57.6 Å². The normalized spacial score (nSPS) is 15.3. The summed E-state index contributed by atoms with van der Waals surface area (Å²) in [5, 5.41) is 11.8.